The van der Waals surface area contributed by atoms with Crippen molar-refractivity contribution in [3.8, 4) is 66.9 Å². The summed E-state index contributed by atoms with van der Waals surface area (Å²) in [5.41, 5.74) is 13.9. The minimum Gasteiger partial charge on any atom is -0.289 e. The molecule has 7 aromatic carbocycles. The average molecular weight is 640 g/mol. The number of nitrogens with zero attached hydrogens (tertiary/aromatic N) is 1. The molecule has 2 heteroatoms. The van der Waals surface area contributed by atoms with Gasteiger partial charge in [0.05, 0.1) is 5.69 Å². The Morgan fingerprint density at radius 1 is 0.300 bits per heavy atom. The molecule has 236 valence electrons. The van der Waals surface area contributed by atoms with Gasteiger partial charge in [-0.2, -0.15) is 0 Å². The quantitative estimate of drug-likeness (QED) is 0.155. The van der Waals surface area contributed by atoms with Gasteiger partial charge in [-0.05, 0) is 110 Å². The third-order valence-electron chi connectivity index (χ3n) is 9.08. The molecule has 0 fully saturated rings. The Kier molecular flexibility index (Phi) is 8.49. The molecule has 0 atom stereocenters. The molecule has 0 aliphatic rings. The molecule has 0 amide bonds. The Morgan fingerprint density at radius 3 is 1.22 bits per heavy atom. The Labute approximate surface area is 293 Å². The van der Waals surface area contributed by atoms with Gasteiger partial charge in [0.2, 0.25) is 0 Å². The van der Waals surface area contributed by atoms with Gasteiger partial charge in [-0.1, -0.05) is 140 Å². The van der Waals surface area contributed by atoms with Crippen LogP contribution in [-0.4, -0.2) is 10.8 Å². The van der Waals surface area contributed by atoms with Crippen LogP contribution in [0.5, 0.6) is 0 Å². The van der Waals surface area contributed by atoms with Gasteiger partial charge in [-0.25, -0.2) is 0 Å². The molecule has 0 unspecified atom stereocenters. The molecule has 8 aromatic rings. The molecule has 1 heterocycles. The number of ketones is 1. The van der Waals surface area contributed by atoms with Crippen LogP contribution in [0, 0.1) is 0 Å². The molecule has 0 radical (unpaired) electrons. The SMILES string of the molecule is O=C(c1cccc(-c2cccc(-c3ccccn3)c2)c1)c1cc(-c2cccc(-c3ccccc3)c2)cc(-c2cccc(-c3ccccc3)c2)c1. The highest BCUT2D eigenvalue weighted by Gasteiger charge is 2.16. The highest BCUT2D eigenvalue weighted by Crippen LogP contribution is 2.34. The number of aromatic nitrogens is 1. The summed E-state index contributed by atoms with van der Waals surface area (Å²) in [6.07, 6.45) is 1.81. The molecule has 0 saturated carbocycles. The maximum absolute atomic E-state index is 14.5. The lowest BCUT2D eigenvalue weighted by Crippen LogP contribution is -2.02. The van der Waals surface area contributed by atoms with Crippen molar-refractivity contribution in [2.45, 2.75) is 0 Å². The van der Waals surface area contributed by atoms with Gasteiger partial charge in [0.15, 0.2) is 5.78 Å². The van der Waals surface area contributed by atoms with E-state index in [2.05, 4.69) is 132 Å². The van der Waals surface area contributed by atoms with Gasteiger partial charge in [0, 0.05) is 22.9 Å². The standard InChI is InChI=1S/C48H33NO/c50-48(43-24-12-20-39(30-43)38-19-11-23-42(29-38)47-25-7-8-26-49-47)46-32-44(40-21-9-17-36(27-40)34-13-3-1-4-14-34)31-45(33-46)41-22-10-18-37(28-41)35-15-5-2-6-16-35/h1-33H. The second-order valence-corrected chi connectivity index (χ2v) is 12.4. The second kappa shape index (κ2) is 13.8. The zero-order valence-corrected chi connectivity index (χ0v) is 27.4. The first kappa shape index (κ1) is 30.7. The van der Waals surface area contributed by atoms with Crippen molar-refractivity contribution >= 4 is 5.78 Å². The average Bonchev–Trinajstić information content (AvgIpc) is 3.21. The second-order valence-electron chi connectivity index (χ2n) is 12.4. The van der Waals surface area contributed by atoms with Crippen LogP contribution in [0.3, 0.4) is 0 Å². The molecule has 50 heavy (non-hydrogen) atoms. The largest absolute Gasteiger partial charge is 0.289 e. The Balaban J connectivity index is 1.21. The summed E-state index contributed by atoms with van der Waals surface area (Å²) < 4.78 is 0. The predicted octanol–water partition coefficient (Wildman–Crippen LogP) is 12.3. The molecule has 0 spiro atoms. The Hall–Kier alpha value is -6.64. The highest BCUT2D eigenvalue weighted by molar-refractivity contribution is 6.11. The number of pyridine rings is 1. The third kappa shape index (κ3) is 6.56. The fraction of sp³-hybridized carbons (Fsp3) is 0. The molecular weight excluding hydrogens is 607 g/mol. The molecule has 0 bridgehead atoms. The molecule has 0 aliphatic heterocycles. The monoisotopic (exact) mass is 639 g/mol. The number of carbonyl (C=O) groups is 1. The lowest BCUT2D eigenvalue weighted by Gasteiger charge is -2.13. The minimum atomic E-state index is -0.0192. The first-order valence-corrected chi connectivity index (χ1v) is 16.8. The fourth-order valence-electron chi connectivity index (χ4n) is 6.51. The molecule has 0 aliphatic carbocycles. The van der Waals surface area contributed by atoms with Crippen molar-refractivity contribution in [3.63, 3.8) is 0 Å². The molecule has 8 rings (SSSR count). The van der Waals surface area contributed by atoms with E-state index in [0.717, 1.165) is 66.9 Å². The van der Waals surface area contributed by atoms with Crippen LogP contribution in [0.4, 0.5) is 0 Å². The maximum Gasteiger partial charge on any atom is 0.193 e. The van der Waals surface area contributed by atoms with Crippen molar-refractivity contribution in [1.29, 1.82) is 0 Å². The summed E-state index contributed by atoms with van der Waals surface area (Å²) in [6.45, 7) is 0. The van der Waals surface area contributed by atoms with Crippen LogP contribution in [0.1, 0.15) is 15.9 Å². The van der Waals surface area contributed by atoms with Crippen LogP contribution >= 0.6 is 0 Å². The normalized spacial score (nSPS) is 10.9. The van der Waals surface area contributed by atoms with Crippen LogP contribution in [0.25, 0.3) is 66.9 Å². The van der Waals surface area contributed by atoms with Crippen LogP contribution in [0.2, 0.25) is 0 Å². The van der Waals surface area contributed by atoms with E-state index in [0.29, 0.717) is 11.1 Å². The predicted molar refractivity (Wildman–Crippen MR) is 207 cm³/mol. The molecular formula is C48H33NO. The van der Waals surface area contributed by atoms with Crippen molar-refractivity contribution < 1.29 is 4.79 Å². The number of hydrogen-bond acceptors (Lipinski definition) is 2. The van der Waals surface area contributed by atoms with Gasteiger partial charge in [-0.15, -0.1) is 0 Å². The molecule has 0 saturated heterocycles. The van der Waals surface area contributed by atoms with Crippen molar-refractivity contribution in [2.24, 2.45) is 0 Å². The number of benzene rings is 7. The molecule has 0 N–H and O–H groups in total. The van der Waals surface area contributed by atoms with E-state index in [4.69, 9.17) is 0 Å². The van der Waals surface area contributed by atoms with E-state index in [1.807, 2.05) is 66.7 Å². The zero-order chi connectivity index (χ0) is 33.7. The highest BCUT2D eigenvalue weighted by atomic mass is 16.1. The summed E-state index contributed by atoms with van der Waals surface area (Å²) in [6, 6.07) is 66.3. The summed E-state index contributed by atoms with van der Waals surface area (Å²) in [5, 5.41) is 0. The smallest absolute Gasteiger partial charge is 0.193 e. The van der Waals surface area contributed by atoms with E-state index in [9.17, 15) is 4.79 Å². The Morgan fingerprint density at radius 2 is 0.680 bits per heavy atom. The molecule has 1 aromatic heterocycles. The van der Waals surface area contributed by atoms with Gasteiger partial charge < -0.3 is 0 Å². The zero-order valence-electron chi connectivity index (χ0n) is 27.4. The van der Waals surface area contributed by atoms with Gasteiger partial charge in [0.25, 0.3) is 0 Å². The lowest BCUT2D eigenvalue weighted by atomic mass is 9.90. The van der Waals surface area contributed by atoms with Crippen molar-refractivity contribution in [3.05, 3.63) is 211 Å². The van der Waals surface area contributed by atoms with Gasteiger partial charge in [-0.3, -0.25) is 9.78 Å². The van der Waals surface area contributed by atoms with E-state index in [1.54, 1.807) is 6.20 Å². The van der Waals surface area contributed by atoms with Crippen LogP contribution in [-0.2, 0) is 0 Å². The molecule has 2 nitrogen and oxygen atoms in total. The summed E-state index contributed by atoms with van der Waals surface area (Å²) in [7, 11) is 0. The van der Waals surface area contributed by atoms with E-state index in [-0.39, 0.29) is 5.78 Å². The number of carbonyl (C=O) groups excluding carboxylic acids is 1. The summed E-state index contributed by atoms with van der Waals surface area (Å²) in [4.78, 5) is 19.0. The van der Waals surface area contributed by atoms with Gasteiger partial charge >= 0.3 is 0 Å². The topological polar surface area (TPSA) is 30.0 Å². The fourth-order valence-corrected chi connectivity index (χ4v) is 6.51. The lowest BCUT2D eigenvalue weighted by molar-refractivity contribution is 0.103. The number of hydrogen-bond donors (Lipinski definition) is 0. The Bertz CT molecular complexity index is 2330. The number of rotatable bonds is 8. The third-order valence-corrected chi connectivity index (χ3v) is 9.08. The minimum absolute atomic E-state index is 0.0192. The van der Waals surface area contributed by atoms with Crippen molar-refractivity contribution in [2.75, 3.05) is 0 Å². The van der Waals surface area contributed by atoms with E-state index < -0.39 is 0 Å². The van der Waals surface area contributed by atoms with Crippen LogP contribution < -0.4 is 0 Å². The van der Waals surface area contributed by atoms with Crippen LogP contribution in [0.15, 0.2) is 200 Å². The van der Waals surface area contributed by atoms with Crippen molar-refractivity contribution in [1.82, 2.24) is 4.98 Å². The maximum atomic E-state index is 14.5. The van der Waals surface area contributed by atoms with Gasteiger partial charge in [0.1, 0.15) is 0 Å². The summed E-state index contributed by atoms with van der Waals surface area (Å²) in [5.74, 6) is -0.0192. The first-order valence-electron chi connectivity index (χ1n) is 16.8. The first-order chi connectivity index (χ1) is 24.7. The van der Waals surface area contributed by atoms with E-state index in [1.165, 1.54) is 0 Å². The summed E-state index contributed by atoms with van der Waals surface area (Å²) >= 11 is 0. The van der Waals surface area contributed by atoms with E-state index >= 15 is 0 Å².